The summed E-state index contributed by atoms with van der Waals surface area (Å²) in [6, 6.07) is 14.4. The molecule has 37 heavy (non-hydrogen) atoms. The molecule has 2 aliphatic rings. The summed E-state index contributed by atoms with van der Waals surface area (Å²) in [5.41, 5.74) is 1.19. The molecule has 1 aromatic heterocycles. The number of benzene rings is 2. The fraction of sp³-hybridized carbons (Fsp3) is 0.464. The molecule has 1 unspecified atom stereocenters. The maximum Gasteiger partial charge on any atom is 0.326 e. The summed E-state index contributed by atoms with van der Waals surface area (Å²) in [5, 5.41) is 12.2. The Hall–Kier alpha value is -2.97. The van der Waals surface area contributed by atoms with Crippen molar-refractivity contribution in [3.8, 4) is 0 Å². The Kier molecular flexibility index (Phi) is 7.76. The van der Waals surface area contributed by atoms with Gasteiger partial charge in [0.2, 0.25) is 0 Å². The van der Waals surface area contributed by atoms with Crippen LogP contribution < -0.4 is 10.2 Å². The average molecular weight is 525 g/mol. The third kappa shape index (κ3) is 5.65. The van der Waals surface area contributed by atoms with Gasteiger partial charge in [-0.25, -0.2) is 9.18 Å². The lowest BCUT2D eigenvalue weighted by molar-refractivity contribution is 0.104. The van der Waals surface area contributed by atoms with Crippen LogP contribution in [-0.2, 0) is 6.42 Å². The predicted octanol–water partition coefficient (Wildman–Crippen LogP) is 6.24. The van der Waals surface area contributed by atoms with E-state index < -0.39 is 0 Å². The highest BCUT2D eigenvalue weighted by atomic mass is 35.5. The van der Waals surface area contributed by atoms with Gasteiger partial charge in [-0.2, -0.15) is 0 Å². The first kappa shape index (κ1) is 25.7. The van der Waals surface area contributed by atoms with E-state index in [1.807, 2.05) is 0 Å². The fourth-order valence-electron chi connectivity index (χ4n) is 6.08. The number of hydrogen-bond donors (Lipinski definition) is 1. The number of carbonyl (C=O) groups is 1. The van der Waals surface area contributed by atoms with Gasteiger partial charge in [0.05, 0.1) is 0 Å². The zero-order valence-electron chi connectivity index (χ0n) is 21.4. The summed E-state index contributed by atoms with van der Waals surface area (Å²) >= 11 is 5.98. The van der Waals surface area contributed by atoms with Gasteiger partial charge in [0.1, 0.15) is 17.5 Å². The first-order valence-electron chi connectivity index (χ1n) is 13.2. The summed E-state index contributed by atoms with van der Waals surface area (Å²) in [5.74, 6) is 1.72. The number of anilines is 2. The number of fused-ring (bicyclic) bond motifs is 2. The smallest absolute Gasteiger partial charge is 0.312 e. The van der Waals surface area contributed by atoms with Gasteiger partial charge in [-0.15, -0.1) is 10.2 Å². The molecule has 196 valence electrons. The number of nitrogens with one attached hydrogen (secondary N) is 1. The highest BCUT2D eigenvalue weighted by Crippen LogP contribution is 2.41. The molecule has 3 atom stereocenters. The van der Waals surface area contributed by atoms with Crippen molar-refractivity contribution < 1.29 is 9.18 Å². The van der Waals surface area contributed by atoms with E-state index in [-0.39, 0.29) is 11.8 Å². The van der Waals surface area contributed by atoms with E-state index in [2.05, 4.69) is 38.8 Å². The van der Waals surface area contributed by atoms with Crippen LogP contribution in [0, 0.1) is 12.7 Å². The third-order valence-corrected chi connectivity index (χ3v) is 7.99. The minimum absolute atomic E-state index is 0.287. The zero-order chi connectivity index (χ0) is 25.9. The molecule has 0 radical (unpaired) electrons. The molecule has 9 heteroatoms. The summed E-state index contributed by atoms with van der Waals surface area (Å²) in [6.45, 7) is 5.59. The van der Waals surface area contributed by atoms with Crippen LogP contribution in [0.4, 0.5) is 20.6 Å². The Morgan fingerprint density at radius 1 is 1.11 bits per heavy atom. The van der Waals surface area contributed by atoms with Crippen molar-refractivity contribution in [1.82, 2.24) is 19.7 Å². The monoisotopic (exact) mass is 524 g/mol. The van der Waals surface area contributed by atoms with Gasteiger partial charge in [-0.3, -0.25) is 9.80 Å². The molecule has 3 heterocycles. The van der Waals surface area contributed by atoms with Crippen molar-refractivity contribution in [2.45, 2.75) is 70.5 Å². The number of hydrogen-bond acceptors (Lipinski definition) is 4. The molecule has 0 aliphatic carbocycles. The number of rotatable bonds is 8. The van der Waals surface area contributed by atoms with Crippen LogP contribution in [0.2, 0.25) is 5.02 Å². The number of nitrogens with zero attached hydrogens (tertiary/aromatic N) is 5. The van der Waals surface area contributed by atoms with Crippen LogP contribution in [-0.4, -0.2) is 50.9 Å². The molecule has 2 amide bonds. The van der Waals surface area contributed by atoms with Gasteiger partial charge in [-0.1, -0.05) is 24.6 Å². The standard InChI is InChI=1S/C28H34ClFN6O/c1-3-27-33-32-19(2)36(27)26-17-24-12-13-25(18-26)34(24)14-5-15-35(23-7-4-6-21(30)16-23)28(37)31-22-10-8-20(29)9-11-22/h4,6-11,16,24-26H,3,5,12-15,17-18H2,1-2H3,(H,31,37)/t24-,25+,26?. The maximum absolute atomic E-state index is 14.0. The third-order valence-electron chi connectivity index (χ3n) is 7.74. The number of aromatic nitrogens is 3. The second-order valence-electron chi connectivity index (χ2n) is 10.1. The number of aryl methyl sites for hydroxylation is 2. The Morgan fingerprint density at radius 3 is 2.51 bits per heavy atom. The number of amides is 2. The van der Waals surface area contributed by atoms with Crippen LogP contribution in [0.5, 0.6) is 0 Å². The molecule has 0 spiro atoms. The number of urea groups is 1. The summed E-state index contributed by atoms with van der Waals surface area (Å²) < 4.78 is 16.4. The molecule has 2 bridgehead atoms. The van der Waals surface area contributed by atoms with Gasteiger partial charge < -0.3 is 9.88 Å². The highest BCUT2D eigenvalue weighted by Gasteiger charge is 2.41. The van der Waals surface area contributed by atoms with Crippen molar-refractivity contribution in [2.75, 3.05) is 23.3 Å². The maximum atomic E-state index is 14.0. The molecule has 2 aromatic carbocycles. The molecule has 5 rings (SSSR count). The van der Waals surface area contributed by atoms with Crippen LogP contribution in [0.3, 0.4) is 0 Å². The molecular weight excluding hydrogens is 491 g/mol. The number of halogens is 2. The summed E-state index contributed by atoms with van der Waals surface area (Å²) in [6.07, 6.45) is 6.31. The second kappa shape index (κ2) is 11.2. The quantitative estimate of drug-likeness (QED) is 0.379. The molecule has 2 saturated heterocycles. The van der Waals surface area contributed by atoms with Gasteiger partial charge >= 0.3 is 6.03 Å². The van der Waals surface area contributed by atoms with Gasteiger partial charge in [0, 0.05) is 54.0 Å². The van der Waals surface area contributed by atoms with Crippen LogP contribution in [0.25, 0.3) is 0 Å². The number of piperidine rings is 1. The molecule has 2 aliphatic heterocycles. The van der Waals surface area contributed by atoms with E-state index >= 15 is 0 Å². The topological polar surface area (TPSA) is 66.3 Å². The molecule has 1 N–H and O–H groups in total. The molecule has 3 aromatic rings. The molecule has 2 fully saturated rings. The Labute approximate surface area is 222 Å². The van der Waals surface area contributed by atoms with Gasteiger partial charge in [0.15, 0.2) is 0 Å². The minimum atomic E-state index is -0.363. The largest absolute Gasteiger partial charge is 0.326 e. The lowest BCUT2D eigenvalue weighted by Gasteiger charge is -2.40. The van der Waals surface area contributed by atoms with E-state index in [0.717, 1.165) is 43.9 Å². The van der Waals surface area contributed by atoms with Crippen molar-refractivity contribution in [2.24, 2.45) is 0 Å². The zero-order valence-corrected chi connectivity index (χ0v) is 22.2. The van der Waals surface area contributed by atoms with Gasteiger partial charge in [0.25, 0.3) is 0 Å². The normalized spacial score (nSPS) is 21.2. The predicted molar refractivity (Wildman–Crippen MR) is 145 cm³/mol. The Balaban J connectivity index is 1.24. The van der Waals surface area contributed by atoms with Gasteiger partial charge in [-0.05, 0) is 81.5 Å². The summed E-state index contributed by atoms with van der Waals surface area (Å²) in [7, 11) is 0. The summed E-state index contributed by atoms with van der Waals surface area (Å²) in [4.78, 5) is 17.5. The first-order valence-corrected chi connectivity index (χ1v) is 13.6. The minimum Gasteiger partial charge on any atom is -0.312 e. The first-order chi connectivity index (χ1) is 17.9. The SMILES string of the molecule is CCc1nnc(C)n1C1C[C@H]2CC[C@@H](C1)N2CCCN(C(=O)Nc1ccc(Cl)cc1)c1cccc(F)c1. The Bertz CT molecular complexity index is 1220. The molecular formula is C28H34ClFN6O. The van der Waals surface area contributed by atoms with Crippen molar-refractivity contribution >= 4 is 29.0 Å². The molecule has 7 nitrogen and oxygen atoms in total. The van der Waals surface area contributed by atoms with E-state index in [4.69, 9.17) is 11.6 Å². The van der Waals surface area contributed by atoms with E-state index in [9.17, 15) is 9.18 Å². The van der Waals surface area contributed by atoms with Crippen molar-refractivity contribution in [3.63, 3.8) is 0 Å². The average Bonchev–Trinajstić information content (AvgIpc) is 3.37. The van der Waals surface area contributed by atoms with Crippen LogP contribution >= 0.6 is 11.6 Å². The van der Waals surface area contributed by atoms with Crippen molar-refractivity contribution in [1.29, 1.82) is 0 Å². The number of carbonyl (C=O) groups excluding carboxylic acids is 1. The lowest BCUT2D eigenvalue weighted by atomic mass is 9.96. The lowest BCUT2D eigenvalue weighted by Crippen LogP contribution is -2.45. The fourth-order valence-corrected chi connectivity index (χ4v) is 6.20. The van der Waals surface area contributed by atoms with Crippen molar-refractivity contribution in [3.05, 3.63) is 71.0 Å². The molecule has 0 saturated carbocycles. The van der Waals surface area contributed by atoms with E-state index in [0.29, 0.717) is 41.1 Å². The second-order valence-corrected chi connectivity index (χ2v) is 10.5. The van der Waals surface area contributed by atoms with E-state index in [1.165, 1.54) is 25.0 Å². The highest BCUT2D eigenvalue weighted by molar-refractivity contribution is 6.30. The Morgan fingerprint density at radius 2 is 1.84 bits per heavy atom. The van der Waals surface area contributed by atoms with Crippen LogP contribution in [0.15, 0.2) is 48.5 Å². The van der Waals surface area contributed by atoms with E-state index in [1.54, 1.807) is 41.3 Å². The van der Waals surface area contributed by atoms with Crippen LogP contribution in [0.1, 0.15) is 56.7 Å².